The third kappa shape index (κ3) is 2.05. The van der Waals surface area contributed by atoms with Gasteiger partial charge in [0.1, 0.15) is 5.41 Å². The zero-order valence-electron chi connectivity index (χ0n) is 7.52. The fraction of sp³-hybridized carbons (Fsp3) is 0.667. The SMILES string of the molecule is C/C=C/CNC(=O)C1(C(F)F)CC1. The van der Waals surface area contributed by atoms with E-state index in [0.29, 0.717) is 19.4 Å². The van der Waals surface area contributed by atoms with Gasteiger partial charge in [-0.15, -0.1) is 0 Å². The maximum atomic E-state index is 12.4. The Morgan fingerprint density at radius 1 is 1.62 bits per heavy atom. The van der Waals surface area contributed by atoms with Gasteiger partial charge in [-0.3, -0.25) is 4.79 Å². The Labute approximate surface area is 76.0 Å². The molecule has 1 N–H and O–H groups in total. The van der Waals surface area contributed by atoms with Crippen molar-refractivity contribution in [1.29, 1.82) is 0 Å². The van der Waals surface area contributed by atoms with Crippen molar-refractivity contribution in [3.05, 3.63) is 12.2 Å². The molecule has 0 heterocycles. The summed E-state index contributed by atoms with van der Waals surface area (Å²) in [5, 5.41) is 2.46. The third-order valence-corrected chi connectivity index (χ3v) is 2.27. The van der Waals surface area contributed by atoms with Crippen LogP contribution in [0.4, 0.5) is 8.78 Å². The minimum atomic E-state index is -2.53. The molecule has 1 fully saturated rings. The van der Waals surface area contributed by atoms with Crippen molar-refractivity contribution in [3.8, 4) is 0 Å². The highest BCUT2D eigenvalue weighted by Gasteiger charge is 2.57. The Morgan fingerprint density at radius 2 is 2.23 bits per heavy atom. The molecule has 0 spiro atoms. The first kappa shape index (κ1) is 10.2. The van der Waals surface area contributed by atoms with Gasteiger partial charge in [-0.2, -0.15) is 0 Å². The van der Waals surface area contributed by atoms with Crippen LogP contribution in [0.3, 0.4) is 0 Å². The van der Waals surface area contributed by atoms with Crippen LogP contribution in [0.25, 0.3) is 0 Å². The minimum absolute atomic E-state index is 0.312. The van der Waals surface area contributed by atoms with E-state index in [2.05, 4.69) is 5.32 Å². The van der Waals surface area contributed by atoms with Crippen LogP contribution in [-0.2, 0) is 4.79 Å². The molecule has 0 aromatic rings. The van der Waals surface area contributed by atoms with Gasteiger partial charge >= 0.3 is 0 Å². The average Bonchev–Trinajstić information content (AvgIpc) is 2.84. The van der Waals surface area contributed by atoms with Crippen LogP contribution < -0.4 is 5.32 Å². The van der Waals surface area contributed by atoms with Gasteiger partial charge in [-0.1, -0.05) is 12.2 Å². The highest BCUT2D eigenvalue weighted by atomic mass is 19.3. The van der Waals surface area contributed by atoms with Crippen LogP contribution >= 0.6 is 0 Å². The molecule has 0 radical (unpaired) electrons. The molecule has 0 saturated heterocycles. The Hall–Kier alpha value is -0.930. The summed E-state index contributed by atoms with van der Waals surface area (Å²) in [6.45, 7) is 2.15. The summed E-state index contributed by atoms with van der Waals surface area (Å²) in [6.07, 6.45) is 1.58. The van der Waals surface area contributed by atoms with Crippen LogP contribution in [0.5, 0.6) is 0 Å². The van der Waals surface area contributed by atoms with Crippen molar-refractivity contribution in [2.45, 2.75) is 26.2 Å². The van der Waals surface area contributed by atoms with Crippen molar-refractivity contribution in [1.82, 2.24) is 5.32 Å². The molecule has 0 aliphatic heterocycles. The number of alkyl halides is 2. The number of rotatable bonds is 4. The number of hydrogen-bond donors (Lipinski definition) is 1. The topological polar surface area (TPSA) is 29.1 Å². The molecule has 1 rings (SSSR count). The summed E-state index contributed by atoms with van der Waals surface area (Å²) >= 11 is 0. The van der Waals surface area contributed by atoms with E-state index < -0.39 is 17.7 Å². The lowest BCUT2D eigenvalue weighted by Crippen LogP contribution is -2.36. The normalized spacial score (nSPS) is 19.4. The highest BCUT2D eigenvalue weighted by Crippen LogP contribution is 2.50. The van der Waals surface area contributed by atoms with E-state index in [1.54, 1.807) is 12.2 Å². The molecular formula is C9H13F2NO. The number of halogens is 2. The van der Waals surface area contributed by atoms with E-state index in [1.165, 1.54) is 0 Å². The predicted molar refractivity (Wildman–Crippen MR) is 45.5 cm³/mol. The molecule has 1 aliphatic rings. The average molecular weight is 189 g/mol. The monoisotopic (exact) mass is 189 g/mol. The first-order chi connectivity index (χ1) is 6.13. The molecule has 13 heavy (non-hydrogen) atoms. The number of nitrogens with one attached hydrogen (secondary N) is 1. The second kappa shape index (κ2) is 3.85. The molecule has 4 heteroatoms. The number of hydrogen-bond acceptors (Lipinski definition) is 1. The quantitative estimate of drug-likeness (QED) is 0.670. The molecular weight excluding hydrogens is 176 g/mol. The van der Waals surface area contributed by atoms with E-state index in [0.717, 1.165) is 0 Å². The maximum Gasteiger partial charge on any atom is 0.252 e. The number of allylic oxidation sites excluding steroid dienone is 1. The van der Waals surface area contributed by atoms with Crippen molar-refractivity contribution >= 4 is 5.91 Å². The van der Waals surface area contributed by atoms with Gasteiger partial charge < -0.3 is 5.32 Å². The first-order valence-electron chi connectivity index (χ1n) is 4.31. The van der Waals surface area contributed by atoms with Gasteiger partial charge in [0, 0.05) is 6.54 Å². The van der Waals surface area contributed by atoms with E-state index in [1.807, 2.05) is 6.92 Å². The van der Waals surface area contributed by atoms with E-state index in [-0.39, 0.29) is 0 Å². The Morgan fingerprint density at radius 3 is 2.62 bits per heavy atom. The zero-order valence-corrected chi connectivity index (χ0v) is 7.52. The number of carbonyl (C=O) groups is 1. The number of carbonyl (C=O) groups excluding carboxylic acids is 1. The summed E-state index contributed by atoms with van der Waals surface area (Å²) in [7, 11) is 0. The first-order valence-corrected chi connectivity index (χ1v) is 4.31. The molecule has 2 nitrogen and oxygen atoms in total. The Bertz CT molecular complexity index is 222. The summed E-state index contributed by atoms with van der Waals surface area (Å²) < 4.78 is 24.7. The van der Waals surface area contributed by atoms with Crippen LogP contribution in [-0.4, -0.2) is 18.9 Å². The fourth-order valence-electron chi connectivity index (χ4n) is 1.12. The summed E-state index contributed by atoms with van der Waals surface area (Å²) in [4.78, 5) is 11.2. The largest absolute Gasteiger partial charge is 0.352 e. The van der Waals surface area contributed by atoms with Crippen LogP contribution in [0, 0.1) is 5.41 Å². The fourth-order valence-corrected chi connectivity index (χ4v) is 1.12. The van der Waals surface area contributed by atoms with Gasteiger partial charge in [-0.25, -0.2) is 8.78 Å². The third-order valence-electron chi connectivity index (χ3n) is 2.27. The van der Waals surface area contributed by atoms with Gasteiger partial charge in [0.2, 0.25) is 5.91 Å². The molecule has 0 aromatic carbocycles. The van der Waals surface area contributed by atoms with Crippen molar-refractivity contribution in [2.24, 2.45) is 5.41 Å². The molecule has 1 aliphatic carbocycles. The van der Waals surface area contributed by atoms with Gasteiger partial charge in [-0.05, 0) is 19.8 Å². The Kier molecular flexibility index (Phi) is 3.01. The highest BCUT2D eigenvalue weighted by molar-refractivity contribution is 5.85. The molecule has 74 valence electrons. The molecule has 1 saturated carbocycles. The van der Waals surface area contributed by atoms with Gasteiger partial charge in [0.15, 0.2) is 0 Å². The molecule has 0 aromatic heterocycles. The lowest BCUT2D eigenvalue weighted by molar-refractivity contribution is -0.131. The second-order valence-electron chi connectivity index (χ2n) is 3.24. The summed E-state index contributed by atoms with van der Waals surface area (Å²) in [5.41, 5.74) is -1.36. The lowest BCUT2D eigenvalue weighted by atomic mass is 10.1. The van der Waals surface area contributed by atoms with Crippen LogP contribution in [0.2, 0.25) is 0 Å². The van der Waals surface area contributed by atoms with E-state index >= 15 is 0 Å². The standard InChI is InChI=1S/C9H13F2NO/c1-2-3-6-12-8(13)9(4-5-9)7(10)11/h2-3,7H,4-6H2,1H3,(H,12,13)/b3-2+. The second-order valence-corrected chi connectivity index (χ2v) is 3.24. The predicted octanol–water partition coefficient (Wildman–Crippen LogP) is 1.72. The van der Waals surface area contributed by atoms with E-state index in [4.69, 9.17) is 0 Å². The van der Waals surface area contributed by atoms with E-state index in [9.17, 15) is 13.6 Å². The van der Waals surface area contributed by atoms with Gasteiger partial charge in [0.05, 0.1) is 0 Å². The molecule has 0 bridgehead atoms. The van der Waals surface area contributed by atoms with Crippen molar-refractivity contribution < 1.29 is 13.6 Å². The zero-order chi connectivity index (χ0) is 9.90. The van der Waals surface area contributed by atoms with Gasteiger partial charge in [0.25, 0.3) is 6.43 Å². The number of amides is 1. The molecule has 0 unspecified atom stereocenters. The Balaban J connectivity index is 2.39. The molecule has 0 atom stereocenters. The minimum Gasteiger partial charge on any atom is -0.352 e. The maximum absolute atomic E-state index is 12.4. The van der Waals surface area contributed by atoms with Crippen LogP contribution in [0.15, 0.2) is 12.2 Å². The molecule has 1 amide bonds. The summed E-state index contributed by atoms with van der Waals surface area (Å²) in [5.74, 6) is -0.513. The summed E-state index contributed by atoms with van der Waals surface area (Å²) in [6, 6.07) is 0. The van der Waals surface area contributed by atoms with Crippen LogP contribution in [0.1, 0.15) is 19.8 Å². The van der Waals surface area contributed by atoms with Crippen molar-refractivity contribution in [3.63, 3.8) is 0 Å². The lowest BCUT2D eigenvalue weighted by Gasteiger charge is -2.12. The van der Waals surface area contributed by atoms with Crippen molar-refractivity contribution in [2.75, 3.05) is 6.54 Å². The smallest absolute Gasteiger partial charge is 0.252 e.